The van der Waals surface area contributed by atoms with E-state index in [-0.39, 0.29) is 37.3 Å². The number of methoxy groups -OCH3 is 1. The number of ether oxygens (including phenoxy) is 1. The molecule has 134 valence electrons. The molecule has 0 saturated heterocycles. The number of nitrogens with one attached hydrogen (secondary N) is 1. The molecule has 1 rings (SSSR count). The minimum absolute atomic E-state index is 0. The Morgan fingerprint density at radius 1 is 1.22 bits per heavy atom. The highest BCUT2D eigenvalue weighted by Crippen LogP contribution is 2.11. The number of hydrogen-bond donors (Lipinski definition) is 2. The van der Waals surface area contributed by atoms with Gasteiger partial charge >= 0.3 is 0 Å². The minimum atomic E-state index is -0.583. The lowest BCUT2D eigenvalue weighted by Crippen LogP contribution is -2.40. The highest BCUT2D eigenvalue weighted by Gasteiger charge is 2.15. The Balaban J connectivity index is 0. The van der Waals surface area contributed by atoms with Crippen molar-refractivity contribution in [3.05, 3.63) is 35.4 Å². The van der Waals surface area contributed by atoms with Gasteiger partial charge in [0.1, 0.15) is 6.10 Å². The predicted molar refractivity (Wildman–Crippen MR) is 99.3 cm³/mol. The van der Waals surface area contributed by atoms with Gasteiger partial charge in [0, 0.05) is 26.7 Å². The lowest BCUT2D eigenvalue weighted by atomic mass is 10.1. The second-order valence-corrected chi connectivity index (χ2v) is 4.91. The SMILES string of the molecule is CCN(CC)Cc1ccccc1CNC(=O)C(CN)OC.Cl.Cl. The fraction of sp³-hybridized carbons (Fsp3) is 0.562. The Labute approximate surface area is 151 Å². The van der Waals surface area contributed by atoms with Gasteiger partial charge in [-0.15, -0.1) is 24.8 Å². The molecular weight excluding hydrogens is 337 g/mol. The van der Waals surface area contributed by atoms with Gasteiger partial charge < -0.3 is 15.8 Å². The summed E-state index contributed by atoms with van der Waals surface area (Å²) in [4.78, 5) is 14.2. The van der Waals surface area contributed by atoms with Gasteiger partial charge in [-0.25, -0.2) is 0 Å². The molecule has 1 atom stereocenters. The first-order valence-corrected chi connectivity index (χ1v) is 7.45. The maximum atomic E-state index is 11.9. The first kappa shape index (κ1) is 24.4. The predicted octanol–water partition coefficient (Wildman–Crippen LogP) is 1.96. The van der Waals surface area contributed by atoms with Crippen molar-refractivity contribution in [3.63, 3.8) is 0 Å². The van der Waals surface area contributed by atoms with Crippen LogP contribution < -0.4 is 11.1 Å². The number of hydrogen-bond acceptors (Lipinski definition) is 4. The maximum Gasteiger partial charge on any atom is 0.250 e. The highest BCUT2D eigenvalue weighted by molar-refractivity contribution is 5.85. The van der Waals surface area contributed by atoms with Gasteiger partial charge in [0.15, 0.2) is 0 Å². The second-order valence-electron chi connectivity index (χ2n) is 4.91. The molecule has 0 heterocycles. The normalized spacial score (nSPS) is 11.3. The highest BCUT2D eigenvalue weighted by atomic mass is 35.5. The van der Waals surface area contributed by atoms with E-state index in [0.717, 1.165) is 25.2 Å². The summed E-state index contributed by atoms with van der Waals surface area (Å²) in [5.74, 6) is -0.169. The van der Waals surface area contributed by atoms with Crippen molar-refractivity contribution in [2.45, 2.75) is 33.0 Å². The van der Waals surface area contributed by atoms with Gasteiger partial charge in [-0.1, -0.05) is 38.1 Å². The van der Waals surface area contributed by atoms with Gasteiger partial charge in [0.05, 0.1) is 0 Å². The van der Waals surface area contributed by atoms with Gasteiger partial charge in [0.25, 0.3) is 5.91 Å². The van der Waals surface area contributed by atoms with E-state index >= 15 is 0 Å². The molecule has 1 unspecified atom stereocenters. The third-order valence-electron chi connectivity index (χ3n) is 3.65. The third-order valence-corrected chi connectivity index (χ3v) is 3.65. The molecule has 0 aliphatic carbocycles. The van der Waals surface area contributed by atoms with Crippen molar-refractivity contribution in [1.29, 1.82) is 0 Å². The molecule has 0 aromatic heterocycles. The summed E-state index contributed by atoms with van der Waals surface area (Å²) in [5.41, 5.74) is 7.86. The summed E-state index contributed by atoms with van der Waals surface area (Å²) in [7, 11) is 1.49. The number of benzene rings is 1. The number of amides is 1. The van der Waals surface area contributed by atoms with Crippen molar-refractivity contribution in [3.8, 4) is 0 Å². The largest absolute Gasteiger partial charge is 0.370 e. The molecule has 1 aromatic carbocycles. The Morgan fingerprint density at radius 3 is 2.26 bits per heavy atom. The second kappa shape index (κ2) is 13.6. The lowest BCUT2D eigenvalue weighted by Gasteiger charge is -2.20. The molecule has 0 aliphatic heterocycles. The molecule has 7 heteroatoms. The van der Waals surface area contributed by atoms with Crippen molar-refractivity contribution >= 4 is 30.7 Å². The zero-order valence-electron chi connectivity index (χ0n) is 14.1. The van der Waals surface area contributed by atoms with Gasteiger partial charge in [-0.2, -0.15) is 0 Å². The van der Waals surface area contributed by atoms with Crippen LogP contribution in [0.15, 0.2) is 24.3 Å². The van der Waals surface area contributed by atoms with Gasteiger partial charge in [-0.3, -0.25) is 9.69 Å². The number of rotatable bonds is 9. The van der Waals surface area contributed by atoms with Crippen LogP contribution in [0, 0.1) is 0 Å². The van der Waals surface area contributed by atoms with E-state index in [0.29, 0.717) is 6.54 Å². The number of nitrogens with two attached hydrogens (primary N) is 1. The van der Waals surface area contributed by atoms with Crippen LogP contribution >= 0.6 is 24.8 Å². The lowest BCUT2D eigenvalue weighted by molar-refractivity contribution is -0.130. The fourth-order valence-corrected chi connectivity index (χ4v) is 2.18. The number of carbonyl (C=O) groups excluding carboxylic acids is 1. The van der Waals surface area contributed by atoms with E-state index in [1.807, 2.05) is 18.2 Å². The summed E-state index contributed by atoms with van der Waals surface area (Å²) < 4.78 is 5.03. The van der Waals surface area contributed by atoms with E-state index in [2.05, 4.69) is 30.1 Å². The Morgan fingerprint density at radius 2 is 1.78 bits per heavy atom. The Kier molecular flexibility index (Phi) is 14.4. The van der Waals surface area contributed by atoms with Gasteiger partial charge in [-0.05, 0) is 24.2 Å². The molecular formula is C16H29Cl2N3O2. The van der Waals surface area contributed by atoms with Crippen LogP contribution in [0.5, 0.6) is 0 Å². The van der Waals surface area contributed by atoms with Crippen LogP contribution in [0.2, 0.25) is 0 Å². The quantitative estimate of drug-likeness (QED) is 0.701. The summed E-state index contributed by atoms with van der Waals surface area (Å²) in [6, 6.07) is 8.17. The fourth-order valence-electron chi connectivity index (χ4n) is 2.18. The maximum absolute atomic E-state index is 11.9. The molecule has 1 amide bonds. The molecule has 23 heavy (non-hydrogen) atoms. The third kappa shape index (κ3) is 7.99. The average Bonchev–Trinajstić information content (AvgIpc) is 2.52. The van der Waals surface area contributed by atoms with Crippen molar-refractivity contribution in [2.24, 2.45) is 5.73 Å². The number of carbonyl (C=O) groups is 1. The van der Waals surface area contributed by atoms with E-state index in [4.69, 9.17) is 10.5 Å². The molecule has 3 N–H and O–H groups in total. The first-order valence-electron chi connectivity index (χ1n) is 7.45. The minimum Gasteiger partial charge on any atom is -0.370 e. The monoisotopic (exact) mass is 365 g/mol. The summed E-state index contributed by atoms with van der Waals surface area (Å²) in [6.07, 6.45) is -0.583. The molecule has 1 aromatic rings. The topological polar surface area (TPSA) is 67.6 Å². The Bertz CT molecular complexity index is 439. The first-order chi connectivity index (χ1) is 10.2. The number of nitrogens with zero attached hydrogens (tertiary/aromatic N) is 1. The van der Waals surface area contributed by atoms with E-state index < -0.39 is 6.10 Å². The average molecular weight is 366 g/mol. The molecule has 0 radical (unpaired) electrons. The molecule has 0 saturated carbocycles. The number of halogens is 2. The smallest absolute Gasteiger partial charge is 0.250 e. The van der Waals surface area contributed by atoms with Crippen molar-refractivity contribution in [1.82, 2.24) is 10.2 Å². The van der Waals surface area contributed by atoms with Crippen molar-refractivity contribution in [2.75, 3.05) is 26.7 Å². The molecule has 5 nitrogen and oxygen atoms in total. The zero-order valence-corrected chi connectivity index (χ0v) is 15.7. The van der Waals surface area contributed by atoms with E-state index in [1.165, 1.54) is 12.7 Å². The van der Waals surface area contributed by atoms with Crippen LogP contribution in [0.4, 0.5) is 0 Å². The van der Waals surface area contributed by atoms with Crippen molar-refractivity contribution < 1.29 is 9.53 Å². The summed E-state index contributed by atoms with van der Waals surface area (Å²) in [6.45, 7) is 7.89. The van der Waals surface area contributed by atoms with Crippen LogP contribution in [0.3, 0.4) is 0 Å². The van der Waals surface area contributed by atoms with Crippen LogP contribution in [0.25, 0.3) is 0 Å². The standard InChI is InChI=1S/C16H27N3O2.2ClH/c1-4-19(5-2)12-14-9-7-6-8-13(14)11-18-16(20)15(10-17)21-3;;/h6-9,15H,4-5,10-12,17H2,1-3H3,(H,18,20);2*1H. The Hall–Kier alpha value is -0.850. The molecule has 0 fully saturated rings. The van der Waals surface area contributed by atoms with E-state index in [1.54, 1.807) is 0 Å². The molecule has 0 spiro atoms. The van der Waals surface area contributed by atoms with Crippen LogP contribution in [0.1, 0.15) is 25.0 Å². The summed E-state index contributed by atoms with van der Waals surface area (Å²) >= 11 is 0. The molecule has 0 aliphatic rings. The van der Waals surface area contributed by atoms with Gasteiger partial charge in [0.2, 0.25) is 0 Å². The zero-order chi connectivity index (χ0) is 15.7. The van der Waals surface area contributed by atoms with E-state index in [9.17, 15) is 4.79 Å². The van der Waals surface area contributed by atoms with Crippen LogP contribution in [-0.4, -0.2) is 43.7 Å². The van der Waals surface area contributed by atoms with Crippen LogP contribution in [-0.2, 0) is 22.6 Å². The molecule has 0 bridgehead atoms. The summed E-state index contributed by atoms with van der Waals surface area (Å²) in [5, 5.41) is 2.89.